The van der Waals surface area contributed by atoms with Gasteiger partial charge in [0, 0.05) is 60.9 Å². The van der Waals surface area contributed by atoms with E-state index in [0.29, 0.717) is 6.54 Å². The normalized spacial score (nSPS) is 13.7. The molecule has 1 saturated heterocycles. The highest BCUT2D eigenvalue weighted by molar-refractivity contribution is 5.81. The second-order valence-electron chi connectivity index (χ2n) is 7.31. The number of nitrogens with one attached hydrogen (secondary N) is 2. The molecule has 1 fully saturated rings. The highest BCUT2D eigenvalue weighted by atomic mass is 15.1. The minimum absolute atomic E-state index is 0.685. The summed E-state index contributed by atoms with van der Waals surface area (Å²) in [5.74, 6) is 0.812. The van der Waals surface area contributed by atoms with Crippen LogP contribution >= 0.6 is 0 Å². The first-order valence-electron chi connectivity index (χ1n) is 10.2. The summed E-state index contributed by atoms with van der Waals surface area (Å²) in [5, 5.41) is 6.83. The van der Waals surface area contributed by atoms with Crippen LogP contribution in [0, 0.1) is 0 Å². The molecule has 2 aromatic heterocycles. The van der Waals surface area contributed by atoms with Gasteiger partial charge in [0.25, 0.3) is 0 Å². The third kappa shape index (κ3) is 4.93. The average Bonchev–Trinajstić information content (AvgIpc) is 2.80. The van der Waals surface area contributed by atoms with Gasteiger partial charge < -0.3 is 15.5 Å². The summed E-state index contributed by atoms with van der Waals surface area (Å²) in [5.41, 5.74) is 5.26. The lowest BCUT2D eigenvalue weighted by Gasteiger charge is -2.29. The quantitative estimate of drug-likeness (QED) is 0.588. The van der Waals surface area contributed by atoms with E-state index in [-0.39, 0.29) is 0 Å². The molecule has 0 spiro atoms. The van der Waals surface area contributed by atoms with Crippen molar-refractivity contribution < 1.29 is 0 Å². The molecule has 0 bridgehead atoms. The largest absolute Gasteiger partial charge is 0.372 e. The SMILES string of the molecule is C=C(Nc1ccc(N2CCCCC2)cc1)c1cccnc1NCc1ccncc1. The Morgan fingerprint density at radius 2 is 1.69 bits per heavy atom. The molecule has 5 heteroatoms. The van der Waals surface area contributed by atoms with E-state index in [9.17, 15) is 0 Å². The molecule has 2 N–H and O–H groups in total. The predicted molar refractivity (Wildman–Crippen MR) is 121 cm³/mol. The molecule has 0 amide bonds. The molecule has 0 atom stereocenters. The first-order chi connectivity index (χ1) is 14.3. The van der Waals surface area contributed by atoms with Crippen LogP contribution in [-0.2, 0) is 6.54 Å². The van der Waals surface area contributed by atoms with Gasteiger partial charge in [-0.1, -0.05) is 6.58 Å². The number of hydrogen-bond donors (Lipinski definition) is 2. The Kier molecular flexibility index (Phi) is 6.05. The number of hydrogen-bond acceptors (Lipinski definition) is 5. The number of nitrogens with zero attached hydrogens (tertiary/aromatic N) is 3. The van der Waals surface area contributed by atoms with Crippen molar-refractivity contribution in [3.63, 3.8) is 0 Å². The van der Waals surface area contributed by atoms with Crippen molar-refractivity contribution in [2.75, 3.05) is 28.6 Å². The summed E-state index contributed by atoms with van der Waals surface area (Å²) >= 11 is 0. The van der Waals surface area contributed by atoms with E-state index in [1.807, 2.05) is 24.3 Å². The van der Waals surface area contributed by atoms with Gasteiger partial charge in [-0.05, 0) is 73.4 Å². The molecule has 3 aromatic rings. The summed E-state index contributed by atoms with van der Waals surface area (Å²) in [4.78, 5) is 11.0. The minimum Gasteiger partial charge on any atom is -0.372 e. The van der Waals surface area contributed by atoms with Crippen LogP contribution in [0.1, 0.15) is 30.4 Å². The summed E-state index contributed by atoms with van der Waals surface area (Å²) in [6, 6.07) is 16.6. The lowest BCUT2D eigenvalue weighted by molar-refractivity contribution is 0.578. The number of aromatic nitrogens is 2. The van der Waals surface area contributed by atoms with Crippen LogP contribution in [0.25, 0.3) is 5.70 Å². The Hall–Kier alpha value is -3.34. The highest BCUT2D eigenvalue weighted by Crippen LogP contribution is 2.26. The first kappa shape index (κ1) is 19.0. The predicted octanol–water partition coefficient (Wildman–Crippen LogP) is 5.16. The van der Waals surface area contributed by atoms with E-state index in [1.165, 1.54) is 24.9 Å². The molecule has 29 heavy (non-hydrogen) atoms. The fourth-order valence-electron chi connectivity index (χ4n) is 3.63. The minimum atomic E-state index is 0.685. The van der Waals surface area contributed by atoms with Gasteiger partial charge in [0.1, 0.15) is 5.82 Å². The summed E-state index contributed by atoms with van der Waals surface area (Å²) in [7, 11) is 0. The zero-order valence-corrected chi connectivity index (χ0v) is 16.6. The maximum Gasteiger partial charge on any atom is 0.135 e. The summed E-state index contributed by atoms with van der Waals surface area (Å²) < 4.78 is 0. The van der Waals surface area contributed by atoms with Crippen LogP contribution in [0.5, 0.6) is 0 Å². The molecule has 1 aliphatic rings. The Labute approximate surface area is 172 Å². The molecular formula is C24H27N5. The van der Waals surface area contributed by atoms with Crippen LogP contribution in [0.2, 0.25) is 0 Å². The van der Waals surface area contributed by atoms with E-state index in [1.54, 1.807) is 18.6 Å². The van der Waals surface area contributed by atoms with Crippen LogP contribution in [0.3, 0.4) is 0 Å². The van der Waals surface area contributed by atoms with Gasteiger partial charge in [0.2, 0.25) is 0 Å². The molecule has 0 aliphatic carbocycles. The van der Waals surface area contributed by atoms with Crippen LogP contribution in [-0.4, -0.2) is 23.1 Å². The third-order valence-electron chi connectivity index (χ3n) is 5.23. The first-order valence-corrected chi connectivity index (χ1v) is 10.2. The summed E-state index contributed by atoms with van der Waals surface area (Å²) in [6.45, 7) is 7.23. The molecule has 148 valence electrons. The smallest absolute Gasteiger partial charge is 0.135 e. The number of anilines is 3. The molecule has 4 rings (SSSR count). The zero-order chi connectivity index (χ0) is 19.9. The molecule has 1 aliphatic heterocycles. The van der Waals surface area contributed by atoms with Gasteiger partial charge >= 0.3 is 0 Å². The van der Waals surface area contributed by atoms with Crippen molar-refractivity contribution in [2.45, 2.75) is 25.8 Å². The standard InChI is InChI=1S/C24H27N5/c1-19(28-21-7-9-22(10-8-21)29-16-3-2-4-17-29)23-6-5-13-26-24(23)27-18-20-11-14-25-15-12-20/h5-15,28H,1-4,16-18H2,(H,26,27). The van der Waals surface area contributed by atoms with Gasteiger partial charge in [-0.3, -0.25) is 4.98 Å². The summed E-state index contributed by atoms with van der Waals surface area (Å²) in [6.07, 6.45) is 9.30. The average molecular weight is 386 g/mol. The van der Waals surface area contributed by atoms with E-state index < -0.39 is 0 Å². The number of piperidine rings is 1. The molecule has 0 radical (unpaired) electrons. The molecule has 1 aromatic carbocycles. The Bertz CT molecular complexity index is 931. The van der Waals surface area contributed by atoms with Crippen molar-refractivity contribution in [3.05, 3.63) is 84.8 Å². The van der Waals surface area contributed by atoms with E-state index in [2.05, 4.69) is 56.3 Å². The van der Waals surface area contributed by atoms with Crippen molar-refractivity contribution in [2.24, 2.45) is 0 Å². The lowest BCUT2D eigenvalue weighted by atomic mass is 10.1. The van der Waals surface area contributed by atoms with Crippen molar-refractivity contribution in [1.29, 1.82) is 0 Å². The van der Waals surface area contributed by atoms with Gasteiger partial charge in [-0.15, -0.1) is 0 Å². The topological polar surface area (TPSA) is 53.1 Å². The molecular weight excluding hydrogens is 358 g/mol. The fraction of sp³-hybridized carbons (Fsp3) is 0.250. The molecule has 3 heterocycles. The van der Waals surface area contributed by atoms with Crippen LogP contribution in [0.15, 0.2) is 73.7 Å². The van der Waals surface area contributed by atoms with Gasteiger partial charge in [0.05, 0.1) is 0 Å². The van der Waals surface area contributed by atoms with Crippen molar-refractivity contribution in [3.8, 4) is 0 Å². The maximum atomic E-state index is 4.50. The Morgan fingerprint density at radius 1 is 0.931 bits per heavy atom. The highest BCUT2D eigenvalue weighted by Gasteiger charge is 2.11. The Morgan fingerprint density at radius 3 is 2.45 bits per heavy atom. The monoisotopic (exact) mass is 385 g/mol. The number of rotatable bonds is 7. The molecule has 5 nitrogen and oxygen atoms in total. The lowest BCUT2D eigenvalue weighted by Crippen LogP contribution is -2.29. The van der Waals surface area contributed by atoms with Crippen molar-refractivity contribution in [1.82, 2.24) is 9.97 Å². The Balaban J connectivity index is 1.41. The van der Waals surface area contributed by atoms with Gasteiger partial charge in [-0.2, -0.15) is 0 Å². The maximum absolute atomic E-state index is 4.50. The van der Waals surface area contributed by atoms with Gasteiger partial charge in [-0.25, -0.2) is 4.98 Å². The number of pyridine rings is 2. The number of benzene rings is 1. The second-order valence-corrected chi connectivity index (χ2v) is 7.31. The van der Waals surface area contributed by atoms with Gasteiger partial charge in [0.15, 0.2) is 0 Å². The fourth-order valence-corrected chi connectivity index (χ4v) is 3.63. The van der Waals surface area contributed by atoms with Crippen molar-refractivity contribution >= 4 is 22.9 Å². The second kappa shape index (κ2) is 9.24. The van der Waals surface area contributed by atoms with Crippen LogP contribution in [0.4, 0.5) is 17.2 Å². The van der Waals surface area contributed by atoms with E-state index >= 15 is 0 Å². The van der Waals surface area contributed by atoms with Crippen LogP contribution < -0.4 is 15.5 Å². The molecule has 0 unspecified atom stereocenters. The van der Waals surface area contributed by atoms with E-state index in [4.69, 9.17) is 0 Å². The molecule has 0 saturated carbocycles. The van der Waals surface area contributed by atoms with E-state index in [0.717, 1.165) is 41.4 Å². The third-order valence-corrected chi connectivity index (χ3v) is 5.23. The zero-order valence-electron chi connectivity index (χ0n) is 16.6.